The molecule has 2 atom stereocenters. The standard InChI is InChI=1S/C18H29N5O2/c1-13(15-10-19-22(2)11-15)20-18(25)21-16-8-9-23(12-16)17(24)14-6-4-3-5-7-14/h10-11,13-14,16H,3-9,12H2,1-2H3,(H2,20,21,25). The number of likely N-dealkylation sites (tertiary alicyclic amines) is 1. The van der Waals surface area contributed by atoms with Gasteiger partial charge in [-0.05, 0) is 26.2 Å². The predicted octanol–water partition coefficient (Wildman–Crippen LogP) is 1.96. The molecule has 0 aromatic carbocycles. The molecular formula is C18H29N5O2. The van der Waals surface area contributed by atoms with Gasteiger partial charge in [-0.2, -0.15) is 5.10 Å². The molecule has 3 rings (SSSR count). The Morgan fingerprint density at radius 3 is 2.68 bits per heavy atom. The number of carbonyl (C=O) groups excluding carboxylic acids is 2. The monoisotopic (exact) mass is 347 g/mol. The van der Waals surface area contributed by atoms with Gasteiger partial charge in [0, 0.05) is 43.9 Å². The summed E-state index contributed by atoms with van der Waals surface area (Å²) in [5.41, 5.74) is 0.971. The third-order valence-corrected chi connectivity index (χ3v) is 5.36. The number of amides is 3. The average molecular weight is 347 g/mol. The molecule has 0 bridgehead atoms. The number of hydrogen-bond donors (Lipinski definition) is 2. The Kier molecular flexibility index (Phi) is 5.60. The number of hydrogen-bond acceptors (Lipinski definition) is 3. The van der Waals surface area contributed by atoms with Gasteiger partial charge in [-0.15, -0.1) is 0 Å². The van der Waals surface area contributed by atoms with Crippen molar-refractivity contribution in [2.75, 3.05) is 13.1 Å². The van der Waals surface area contributed by atoms with Crippen molar-refractivity contribution in [3.05, 3.63) is 18.0 Å². The highest BCUT2D eigenvalue weighted by molar-refractivity contribution is 5.79. The van der Waals surface area contributed by atoms with E-state index < -0.39 is 0 Å². The number of urea groups is 1. The second-order valence-corrected chi connectivity index (χ2v) is 7.39. The highest BCUT2D eigenvalue weighted by Crippen LogP contribution is 2.26. The molecule has 3 amide bonds. The molecule has 1 saturated heterocycles. The van der Waals surface area contributed by atoms with Gasteiger partial charge >= 0.3 is 6.03 Å². The molecule has 138 valence electrons. The first-order chi connectivity index (χ1) is 12.0. The van der Waals surface area contributed by atoms with E-state index in [0.29, 0.717) is 6.54 Å². The highest BCUT2D eigenvalue weighted by atomic mass is 16.2. The van der Waals surface area contributed by atoms with Crippen molar-refractivity contribution in [1.82, 2.24) is 25.3 Å². The number of nitrogens with zero attached hydrogens (tertiary/aromatic N) is 3. The van der Waals surface area contributed by atoms with E-state index in [1.807, 2.05) is 25.1 Å². The zero-order valence-electron chi connectivity index (χ0n) is 15.2. The smallest absolute Gasteiger partial charge is 0.315 e. The minimum Gasteiger partial charge on any atom is -0.340 e. The molecule has 1 aliphatic carbocycles. The second kappa shape index (κ2) is 7.89. The van der Waals surface area contributed by atoms with E-state index in [4.69, 9.17) is 0 Å². The van der Waals surface area contributed by atoms with E-state index in [2.05, 4.69) is 15.7 Å². The third-order valence-electron chi connectivity index (χ3n) is 5.36. The van der Waals surface area contributed by atoms with Crippen LogP contribution < -0.4 is 10.6 Å². The highest BCUT2D eigenvalue weighted by Gasteiger charge is 2.32. The fraction of sp³-hybridized carbons (Fsp3) is 0.722. The fourth-order valence-electron chi connectivity index (χ4n) is 3.86. The Morgan fingerprint density at radius 1 is 1.24 bits per heavy atom. The summed E-state index contributed by atoms with van der Waals surface area (Å²) in [4.78, 5) is 26.7. The third kappa shape index (κ3) is 4.52. The van der Waals surface area contributed by atoms with Gasteiger partial charge in [0.2, 0.25) is 5.91 Å². The van der Waals surface area contributed by atoms with Crippen LogP contribution in [-0.4, -0.2) is 45.8 Å². The topological polar surface area (TPSA) is 79.3 Å². The summed E-state index contributed by atoms with van der Waals surface area (Å²) in [5.74, 6) is 0.486. The molecule has 0 radical (unpaired) electrons. The molecule has 25 heavy (non-hydrogen) atoms. The molecule has 2 heterocycles. The molecule has 1 aliphatic heterocycles. The summed E-state index contributed by atoms with van der Waals surface area (Å²) >= 11 is 0. The van der Waals surface area contributed by atoms with Crippen molar-refractivity contribution in [3.8, 4) is 0 Å². The molecule has 1 aromatic rings. The van der Waals surface area contributed by atoms with Gasteiger partial charge in [-0.3, -0.25) is 9.48 Å². The first kappa shape index (κ1) is 17.8. The number of carbonyl (C=O) groups is 2. The van der Waals surface area contributed by atoms with Crippen molar-refractivity contribution in [3.63, 3.8) is 0 Å². The maximum Gasteiger partial charge on any atom is 0.315 e. The van der Waals surface area contributed by atoms with E-state index in [1.165, 1.54) is 19.3 Å². The maximum atomic E-state index is 12.6. The van der Waals surface area contributed by atoms with Gasteiger partial charge < -0.3 is 15.5 Å². The summed E-state index contributed by atoms with van der Waals surface area (Å²) in [6, 6.07) is -0.253. The minimum atomic E-state index is -0.187. The van der Waals surface area contributed by atoms with Gasteiger partial charge in [0.1, 0.15) is 0 Å². The summed E-state index contributed by atoms with van der Waals surface area (Å²) < 4.78 is 1.72. The second-order valence-electron chi connectivity index (χ2n) is 7.39. The molecule has 1 saturated carbocycles. The van der Waals surface area contributed by atoms with Crippen LogP contribution in [0.4, 0.5) is 4.79 Å². The summed E-state index contributed by atoms with van der Waals surface area (Å²) in [6.07, 6.45) is 10.1. The lowest BCUT2D eigenvalue weighted by molar-refractivity contribution is -0.135. The van der Waals surface area contributed by atoms with Crippen LogP contribution in [0.25, 0.3) is 0 Å². The molecule has 2 fully saturated rings. The Morgan fingerprint density at radius 2 is 2.00 bits per heavy atom. The van der Waals surface area contributed by atoms with Crippen LogP contribution in [0.15, 0.2) is 12.4 Å². The van der Waals surface area contributed by atoms with Gasteiger partial charge in [0.25, 0.3) is 0 Å². The molecule has 2 N–H and O–H groups in total. The lowest BCUT2D eigenvalue weighted by Gasteiger charge is -2.26. The van der Waals surface area contributed by atoms with Gasteiger partial charge in [0.05, 0.1) is 12.2 Å². The van der Waals surface area contributed by atoms with Crippen molar-refractivity contribution < 1.29 is 9.59 Å². The van der Waals surface area contributed by atoms with E-state index >= 15 is 0 Å². The van der Waals surface area contributed by atoms with Gasteiger partial charge in [0.15, 0.2) is 0 Å². The minimum absolute atomic E-state index is 0.0358. The maximum absolute atomic E-state index is 12.6. The van der Waals surface area contributed by atoms with Crippen LogP contribution in [0, 0.1) is 5.92 Å². The number of aromatic nitrogens is 2. The SMILES string of the molecule is CC(NC(=O)NC1CCN(C(=O)C2CCCCC2)C1)c1cnn(C)c1. The van der Waals surface area contributed by atoms with Crippen molar-refractivity contribution in [2.45, 2.75) is 57.5 Å². The van der Waals surface area contributed by atoms with Crippen molar-refractivity contribution in [1.29, 1.82) is 0 Å². The fourth-order valence-corrected chi connectivity index (χ4v) is 3.86. The molecule has 1 aromatic heterocycles. The molecular weight excluding hydrogens is 318 g/mol. The normalized spacial score (nSPS) is 22.6. The van der Waals surface area contributed by atoms with Crippen molar-refractivity contribution in [2.24, 2.45) is 13.0 Å². The largest absolute Gasteiger partial charge is 0.340 e. The Hall–Kier alpha value is -2.05. The van der Waals surface area contributed by atoms with E-state index in [9.17, 15) is 9.59 Å². The van der Waals surface area contributed by atoms with Crippen LogP contribution in [0.5, 0.6) is 0 Å². The summed E-state index contributed by atoms with van der Waals surface area (Å²) in [5, 5.41) is 10.1. The lowest BCUT2D eigenvalue weighted by atomic mass is 9.88. The average Bonchev–Trinajstić information content (AvgIpc) is 3.24. The zero-order chi connectivity index (χ0) is 17.8. The van der Waals surface area contributed by atoms with Crippen LogP contribution in [-0.2, 0) is 11.8 Å². The van der Waals surface area contributed by atoms with Crippen LogP contribution in [0.3, 0.4) is 0 Å². The van der Waals surface area contributed by atoms with E-state index in [1.54, 1.807) is 10.9 Å². The Labute approximate surface area is 149 Å². The zero-order valence-corrected chi connectivity index (χ0v) is 15.2. The van der Waals surface area contributed by atoms with Crippen LogP contribution >= 0.6 is 0 Å². The number of rotatable bonds is 4. The van der Waals surface area contributed by atoms with Crippen LogP contribution in [0.1, 0.15) is 57.1 Å². The van der Waals surface area contributed by atoms with Gasteiger partial charge in [-0.25, -0.2) is 4.79 Å². The van der Waals surface area contributed by atoms with E-state index in [0.717, 1.165) is 31.4 Å². The molecule has 2 unspecified atom stereocenters. The Bertz CT molecular complexity index is 608. The first-order valence-electron chi connectivity index (χ1n) is 9.37. The molecule has 7 nitrogen and oxygen atoms in total. The molecule has 0 spiro atoms. The summed E-state index contributed by atoms with van der Waals surface area (Å²) in [7, 11) is 1.85. The first-order valence-corrected chi connectivity index (χ1v) is 9.37. The lowest BCUT2D eigenvalue weighted by Crippen LogP contribution is -2.45. The molecule has 2 aliphatic rings. The van der Waals surface area contributed by atoms with Crippen molar-refractivity contribution >= 4 is 11.9 Å². The molecule has 7 heteroatoms. The summed E-state index contributed by atoms with van der Waals surface area (Å²) in [6.45, 7) is 3.31. The number of nitrogens with one attached hydrogen (secondary N) is 2. The quantitative estimate of drug-likeness (QED) is 0.874. The van der Waals surface area contributed by atoms with E-state index in [-0.39, 0.29) is 29.9 Å². The Balaban J connectivity index is 1.44. The predicted molar refractivity (Wildman–Crippen MR) is 94.9 cm³/mol. The van der Waals surface area contributed by atoms with Gasteiger partial charge in [-0.1, -0.05) is 19.3 Å². The van der Waals surface area contributed by atoms with Crippen LogP contribution in [0.2, 0.25) is 0 Å². The number of aryl methyl sites for hydroxylation is 1.